The molecular formula is C12H21N5O. The molecule has 0 bridgehead atoms. The lowest BCUT2D eigenvalue weighted by Crippen LogP contribution is -2.58. The number of rotatable bonds is 5. The van der Waals surface area contributed by atoms with Crippen LogP contribution in [0.1, 0.15) is 18.3 Å². The lowest BCUT2D eigenvalue weighted by atomic mass is 10.1. The molecule has 1 aliphatic rings. The molecule has 6 nitrogen and oxygen atoms in total. The average molecular weight is 251 g/mol. The van der Waals surface area contributed by atoms with E-state index < -0.39 is 0 Å². The number of carbonyl (C=O) groups is 1. The normalized spacial score (nSPS) is 15.8. The maximum absolute atomic E-state index is 12.0. The van der Waals surface area contributed by atoms with Crippen LogP contribution in [0.25, 0.3) is 0 Å². The van der Waals surface area contributed by atoms with E-state index in [9.17, 15) is 4.79 Å². The SMILES string of the molecule is CCN(CC(=O)Nc1c(C)n[nH]c1C)C1CNC1. The van der Waals surface area contributed by atoms with Crippen LogP contribution < -0.4 is 10.6 Å². The molecule has 3 N–H and O–H groups in total. The molecule has 100 valence electrons. The molecule has 0 radical (unpaired) electrons. The molecule has 1 aromatic rings. The first-order chi connectivity index (χ1) is 8.61. The van der Waals surface area contributed by atoms with Gasteiger partial charge in [-0.3, -0.25) is 14.8 Å². The van der Waals surface area contributed by atoms with Crippen LogP contribution in [-0.2, 0) is 4.79 Å². The van der Waals surface area contributed by atoms with Gasteiger partial charge in [-0.15, -0.1) is 0 Å². The number of hydrogen-bond donors (Lipinski definition) is 3. The van der Waals surface area contributed by atoms with E-state index in [4.69, 9.17) is 0 Å². The summed E-state index contributed by atoms with van der Waals surface area (Å²) in [5, 5.41) is 13.1. The van der Waals surface area contributed by atoms with E-state index in [-0.39, 0.29) is 5.91 Å². The highest BCUT2D eigenvalue weighted by molar-refractivity contribution is 5.93. The third kappa shape index (κ3) is 2.70. The molecule has 1 aromatic heterocycles. The maximum atomic E-state index is 12.0. The van der Waals surface area contributed by atoms with Crippen molar-refractivity contribution in [1.82, 2.24) is 20.4 Å². The molecule has 0 aliphatic carbocycles. The summed E-state index contributed by atoms with van der Waals surface area (Å²) in [5.74, 6) is 0.0244. The Hall–Kier alpha value is -1.40. The van der Waals surface area contributed by atoms with Crippen LogP contribution in [0.15, 0.2) is 0 Å². The molecule has 1 aliphatic heterocycles. The monoisotopic (exact) mass is 251 g/mol. The molecule has 1 fully saturated rings. The van der Waals surface area contributed by atoms with Crippen molar-refractivity contribution in [3.8, 4) is 0 Å². The van der Waals surface area contributed by atoms with Gasteiger partial charge in [0.2, 0.25) is 5.91 Å². The summed E-state index contributed by atoms with van der Waals surface area (Å²) < 4.78 is 0. The first kappa shape index (κ1) is 13.0. The quantitative estimate of drug-likeness (QED) is 0.702. The zero-order valence-corrected chi connectivity index (χ0v) is 11.2. The Labute approximate surface area is 107 Å². The van der Waals surface area contributed by atoms with Gasteiger partial charge < -0.3 is 10.6 Å². The molecular weight excluding hydrogens is 230 g/mol. The lowest BCUT2D eigenvalue weighted by molar-refractivity contribution is -0.118. The first-order valence-corrected chi connectivity index (χ1v) is 6.38. The predicted octanol–water partition coefficient (Wildman–Crippen LogP) is 0.259. The van der Waals surface area contributed by atoms with Crippen LogP contribution in [-0.4, -0.2) is 53.2 Å². The van der Waals surface area contributed by atoms with Gasteiger partial charge in [-0.05, 0) is 20.4 Å². The predicted molar refractivity (Wildman–Crippen MR) is 70.6 cm³/mol. The Morgan fingerprint density at radius 2 is 2.22 bits per heavy atom. The molecule has 1 amide bonds. The minimum Gasteiger partial charge on any atom is -0.322 e. The second-order valence-electron chi connectivity index (χ2n) is 4.73. The zero-order chi connectivity index (χ0) is 13.1. The van der Waals surface area contributed by atoms with Crippen LogP contribution >= 0.6 is 0 Å². The number of anilines is 1. The molecule has 0 unspecified atom stereocenters. The fourth-order valence-electron chi connectivity index (χ4n) is 2.13. The molecule has 0 aromatic carbocycles. The standard InChI is InChI=1S/C12H21N5O/c1-4-17(10-5-13-6-10)7-11(18)14-12-8(2)15-16-9(12)3/h10,13H,4-7H2,1-3H3,(H,14,18)(H,15,16). The number of amides is 1. The van der Waals surface area contributed by atoms with Gasteiger partial charge in [0, 0.05) is 19.1 Å². The highest BCUT2D eigenvalue weighted by atomic mass is 16.2. The van der Waals surface area contributed by atoms with Crippen molar-refractivity contribution >= 4 is 11.6 Å². The minimum atomic E-state index is 0.0244. The van der Waals surface area contributed by atoms with E-state index in [0.29, 0.717) is 12.6 Å². The zero-order valence-electron chi connectivity index (χ0n) is 11.2. The van der Waals surface area contributed by atoms with E-state index in [1.54, 1.807) is 0 Å². The van der Waals surface area contributed by atoms with E-state index in [1.165, 1.54) is 0 Å². The van der Waals surface area contributed by atoms with Gasteiger partial charge in [0.15, 0.2) is 0 Å². The topological polar surface area (TPSA) is 73.0 Å². The van der Waals surface area contributed by atoms with Crippen molar-refractivity contribution in [2.45, 2.75) is 26.8 Å². The number of hydrogen-bond acceptors (Lipinski definition) is 4. The van der Waals surface area contributed by atoms with Crippen LogP contribution in [0.2, 0.25) is 0 Å². The smallest absolute Gasteiger partial charge is 0.238 e. The number of aromatic amines is 1. The summed E-state index contributed by atoms with van der Waals surface area (Å²) in [6, 6.07) is 0.493. The Morgan fingerprint density at radius 3 is 2.67 bits per heavy atom. The first-order valence-electron chi connectivity index (χ1n) is 6.38. The minimum absolute atomic E-state index is 0.0244. The Kier molecular flexibility index (Phi) is 3.98. The van der Waals surface area contributed by atoms with Crippen molar-refractivity contribution in [2.75, 3.05) is 31.5 Å². The molecule has 2 heterocycles. The maximum Gasteiger partial charge on any atom is 0.238 e. The fraction of sp³-hybridized carbons (Fsp3) is 0.667. The molecule has 1 saturated heterocycles. The Balaban J connectivity index is 1.91. The number of nitrogens with zero attached hydrogens (tertiary/aromatic N) is 2. The van der Waals surface area contributed by atoms with Gasteiger partial charge in [0.05, 0.1) is 23.6 Å². The van der Waals surface area contributed by atoms with E-state index >= 15 is 0 Å². The average Bonchev–Trinajstić information content (AvgIpc) is 2.57. The number of carbonyl (C=O) groups excluding carboxylic acids is 1. The number of aryl methyl sites for hydroxylation is 2. The van der Waals surface area contributed by atoms with Crippen molar-refractivity contribution in [3.05, 3.63) is 11.4 Å². The number of nitrogens with one attached hydrogen (secondary N) is 3. The lowest BCUT2D eigenvalue weighted by Gasteiger charge is -2.37. The van der Waals surface area contributed by atoms with Crippen LogP contribution in [0.4, 0.5) is 5.69 Å². The number of H-pyrrole nitrogens is 1. The van der Waals surface area contributed by atoms with Gasteiger partial charge in [0.25, 0.3) is 0 Å². The molecule has 0 atom stereocenters. The van der Waals surface area contributed by atoms with Gasteiger partial charge in [-0.1, -0.05) is 6.92 Å². The van der Waals surface area contributed by atoms with Crippen LogP contribution in [0.3, 0.4) is 0 Å². The van der Waals surface area contributed by atoms with Crippen LogP contribution in [0.5, 0.6) is 0 Å². The summed E-state index contributed by atoms with van der Waals surface area (Å²) in [7, 11) is 0. The largest absolute Gasteiger partial charge is 0.322 e. The second kappa shape index (κ2) is 5.49. The summed E-state index contributed by atoms with van der Waals surface area (Å²) >= 11 is 0. The third-order valence-corrected chi connectivity index (χ3v) is 3.42. The summed E-state index contributed by atoms with van der Waals surface area (Å²) in [6.45, 7) is 9.15. The van der Waals surface area contributed by atoms with Gasteiger partial charge in [-0.25, -0.2) is 0 Å². The molecule has 2 rings (SSSR count). The van der Waals surface area contributed by atoms with E-state index in [1.807, 2.05) is 13.8 Å². The van der Waals surface area contributed by atoms with Crippen molar-refractivity contribution < 1.29 is 4.79 Å². The molecule has 18 heavy (non-hydrogen) atoms. The molecule has 0 spiro atoms. The second-order valence-corrected chi connectivity index (χ2v) is 4.73. The van der Waals surface area contributed by atoms with E-state index in [2.05, 4.69) is 32.7 Å². The number of likely N-dealkylation sites (N-methyl/N-ethyl adjacent to an activating group) is 1. The van der Waals surface area contributed by atoms with Gasteiger partial charge >= 0.3 is 0 Å². The fourth-order valence-corrected chi connectivity index (χ4v) is 2.13. The molecule has 0 saturated carbocycles. The van der Waals surface area contributed by atoms with Crippen molar-refractivity contribution in [3.63, 3.8) is 0 Å². The molecule has 6 heteroatoms. The summed E-state index contributed by atoms with van der Waals surface area (Å²) in [5.41, 5.74) is 2.53. The summed E-state index contributed by atoms with van der Waals surface area (Å²) in [4.78, 5) is 14.2. The van der Waals surface area contributed by atoms with Gasteiger partial charge in [0.1, 0.15) is 0 Å². The van der Waals surface area contributed by atoms with Gasteiger partial charge in [-0.2, -0.15) is 5.10 Å². The summed E-state index contributed by atoms with van der Waals surface area (Å²) in [6.07, 6.45) is 0. The van der Waals surface area contributed by atoms with Crippen LogP contribution in [0, 0.1) is 13.8 Å². The van der Waals surface area contributed by atoms with Crippen molar-refractivity contribution in [2.24, 2.45) is 0 Å². The number of aromatic nitrogens is 2. The van der Waals surface area contributed by atoms with E-state index in [0.717, 1.165) is 36.7 Å². The Bertz CT molecular complexity index is 405. The highest BCUT2D eigenvalue weighted by Gasteiger charge is 2.25. The third-order valence-electron chi connectivity index (χ3n) is 3.42. The highest BCUT2D eigenvalue weighted by Crippen LogP contribution is 2.16. The van der Waals surface area contributed by atoms with Crippen molar-refractivity contribution in [1.29, 1.82) is 0 Å². The Morgan fingerprint density at radius 1 is 1.50 bits per heavy atom.